The zero-order valence-electron chi connectivity index (χ0n) is 33.3. The van der Waals surface area contributed by atoms with Crippen LogP contribution < -0.4 is 0 Å². The van der Waals surface area contributed by atoms with Crippen LogP contribution in [0.5, 0.6) is 0 Å². The summed E-state index contributed by atoms with van der Waals surface area (Å²) in [7, 11) is 0. The Balaban J connectivity index is 0. The van der Waals surface area contributed by atoms with Gasteiger partial charge in [-0.2, -0.15) is 0 Å². The predicted octanol–water partition coefficient (Wildman–Crippen LogP) is 12.0. The number of rotatable bonds is 34. The van der Waals surface area contributed by atoms with Crippen LogP contribution >= 0.6 is 0 Å². The fraction of sp³-hybridized carbons (Fsp3) is 0.711. The molecule has 0 rings (SSSR count). The van der Waals surface area contributed by atoms with Crippen LogP contribution in [0.4, 0.5) is 0 Å². The number of aliphatic hydroxyl groups excluding tert-OH is 2. The lowest BCUT2D eigenvalue weighted by atomic mass is 10.0. The Morgan fingerprint density at radius 1 is 0.529 bits per heavy atom. The molecule has 0 aliphatic heterocycles. The first-order valence-electron chi connectivity index (χ1n) is 20.6. The molecule has 0 fully saturated rings. The van der Waals surface area contributed by atoms with E-state index in [9.17, 15) is 24.6 Å². The zero-order chi connectivity index (χ0) is 38.0. The number of carbonyl (C=O) groups excluding carboxylic acids is 3. The van der Waals surface area contributed by atoms with E-state index in [1.165, 1.54) is 96.5 Å². The first-order valence-corrected chi connectivity index (χ1v) is 20.6. The van der Waals surface area contributed by atoms with Crippen LogP contribution in [0.2, 0.25) is 0 Å². The highest BCUT2D eigenvalue weighted by molar-refractivity contribution is 5.89. The Hall–Kier alpha value is -2.57. The lowest BCUT2D eigenvalue weighted by molar-refractivity contribution is -0.144. The summed E-state index contributed by atoms with van der Waals surface area (Å²) in [6.07, 6.45) is 46.6. The van der Waals surface area contributed by atoms with Gasteiger partial charge in [0, 0.05) is 26.2 Å². The quantitative estimate of drug-likeness (QED) is 0.0298. The first-order chi connectivity index (χ1) is 24.8. The van der Waals surface area contributed by atoms with Crippen LogP contribution in [0.1, 0.15) is 188 Å². The van der Waals surface area contributed by atoms with Crippen molar-refractivity contribution in [3.8, 4) is 0 Å². The Labute approximate surface area is 314 Å². The van der Waals surface area contributed by atoms with E-state index in [-0.39, 0.29) is 24.6 Å². The number of allylic oxidation sites excluding steroid dienone is 10. The highest BCUT2D eigenvalue weighted by Crippen LogP contribution is 2.11. The normalized spacial score (nSPS) is 13.1. The van der Waals surface area contributed by atoms with Gasteiger partial charge >= 0.3 is 5.97 Å². The van der Waals surface area contributed by atoms with Crippen molar-refractivity contribution in [2.45, 2.75) is 200 Å². The molecule has 0 saturated carbocycles. The largest absolute Gasteiger partial charge is 0.463 e. The molecule has 0 spiro atoms. The molecule has 6 nitrogen and oxygen atoms in total. The lowest BCUT2D eigenvalue weighted by Gasteiger charge is -2.07. The van der Waals surface area contributed by atoms with Crippen LogP contribution in [-0.2, 0) is 19.1 Å². The van der Waals surface area contributed by atoms with Gasteiger partial charge in [-0.1, -0.05) is 127 Å². The van der Waals surface area contributed by atoms with Crippen molar-refractivity contribution >= 4 is 17.5 Å². The number of ether oxygens (including phenoxy) is 1. The molecule has 2 unspecified atom stereocenters. The van der Waals surface area contributed by atoms with Gasteiger partial charge in [0.15, 0.2) is 5.78 Å². The van der Waals surface area contributed by atoms with E-state index >= 15 is 0 Å². The minimum absolute atomic E-state index is 0.0123. The summed E-state index contributed by atoms with van der Waals surface area (Å²) in [5, 5.41) is 19.0. The third kappa shape index (κ3) is 45.4. The van der Waals surface area contributed by atoms with Crippen molar-refractivity contribution < 1.29 is 29.3 Å². The summed E-state index contributed by atoms with van der Waals surface area (Å²) in [5.41, 5.74) is 0. The molecule has 0 amide bonds. The molecule has 0 bridgehead atoms. The summed E-state index contributed by atoms with van der Waals surface area (Å²) in [6, 6.07) is 0. The van der Waals surface area contributed by atoms with Crippen molar-refractivity contribution in [1.82, 2.24) is 0 Å². The lowest BCUT2D eigenvalue weighted by Crippen LogP contribution is -2.20. The molecule has 0 saturated heterocycles. The first kappa shape index (κ1) is 50.5. The van der Waals surface area contributed by atoms with Crippen LogP contribution in [-0.4, -0.2) is 46.6 Å². The molecule has 294 valence electrons. The van der Waals surface area contributed by atoms with Gasteiger partial charge in [-0.3, -0.25) is 14.4 Å². The Morgan fingerprint density at radius 2 is 0.961 bits per heavy atom. The van der Waals surface area contributed by atoms with Crippen LogP contribution in [0, 0.1) is 0 Å². The fourth-order valence-corrected chi connectivity index (χ4v) is 5.15. The van der Waals surface area contributed by atoms with Gasteiger partial charge < -0.3 is 14.9 Å². The van der Waals surface area contributed by atoms with E-state index in [4.69, 9.17) is 0 Å². The zero-order valence-corrected chi connectivity index (χ0v) is 33.3. The highest BCUT2D eigenvalue weighted by Gasteiger charge is 2.10. The van der Waals surface area contributed by atoms with Gasteiger partial charge in [-0.15, -0.1) is 0 Å². The number of carbonyl (C=O) groups is 3. The summed E-state index contributed by atoms with van der Waals surface area (Å²) in [6.45, 7) is 7.53. The van der Waals surface area contributed by atoms with Crippen LogP contribution in [0.25, 0.3) is 0 Å². The number of Topliss-reactive ketones (excluding diaryl/α,β-unsaturated/α-hetero) is 1. The van der Waals surface area contributed by atoms with Gasteiger partial charge in [0.25, 0.3) is 0 Å². The van der Waals surface area contributed by atoms with Gasteiger partial charge in [0.1, 0.15) is 12.4 Å². The number of aliphatic hydroxyl groups is 2. The van der Waals surface area contributed by atoms with Crippen molar-refractivity contribution in [1.29, 1.82) is 0 Å². The standard InChI is InChI=1S/C23H38O4.C22H40O2/c1-3-4-5-6-7-8-9-10-11-12-13-14-15-16-17-18-22(25)19-23(26)20-27-21(2)24;1-3-5-6-7-8-9-10-11-12-13-14-15-16-17-18-19-22(24)20-21(23)4-2/h7-8,10-11,17-18,23,26H,3-6,9,12-16,19-20H2,1-2H3;8-9,11-12,21,23H,3-7,10,13-20H2,1-2H3/b8-7-,11-10-,18-17+;9-8-,12-11-. The third-order valence-electron chi connectivity index (χ3n) is 8.38. The van der Waals surface area contributed by atoms with Gasteiger partial charge in [-0.25, -0.2) is 0 Å². The molecule has 0 radical (unpaired) electrons. The second-order valence-electron chi connectivity index (χ2n) is 13.6. The van der Waals surface area contributed by atoms with Crippen molar-refractivity contribution in [2.24, 2.45) is 0 Å². The molecular weight excluding hydrogens is 636 g/mol. The third-order valence-corrected chi connectivity index (χ3v) is 8.38. The van der Waals surface area contributed by atoms with E-state index in [1.54, 1.807) is 0 Å². The molecule has 0 aromatic heterocycles. The highest BCUT2D eigenvalue weighted by atomic mass is 16.5. The number of hydrogen-bond donors (Lipinski definition) is 2. The van der Waals surface area contributed by atoms with Gasteiger partial charge in [0.2, 0.25) is 0 Å². The monoisotopic (exact) mass is 715 g/mol. The summed E-state index contributed by atoms with van der Waals surface area (Å²) in [5.74, 6) is -0.374. The average molecular weight is 715 g/mol. The van der Waals surface area contributed by atoms with Gasteiger partial charge in [0.05, 0.1) is 12.2 Å². The van der Waals surface area contributed by atoms with Crippen molar-refractivity contribution in [3.63, 3.8) is 0 Å². The molecule has 6 heteroatoms. The second-order valence-corrected chi connectivity index (χ2v) is 13.6. The van der Waals surface area contributed by atoms with E-state index < -0.39 is 18.2 Å². The minimum atomic E-state index is -0.927. The van der Waals surface area contributed by atoms with Crippen molar-refractivity contribution in [2.75, 3.05) is 6.61 Å². The molecule has 0 heterocycles. The Bertz CT molecular complexity index is 944. The van der Waals surface area contributed by atoms with Crippen LogP contribution in [0.3, 0.4) is 0 Å². The maximum atomic E-state index is 11.6. The van der Waals surface area contributed by atoms with E-state index in [0.29, 0.717) is 19.3 Å². The molecule has 2 atom stereocenters. The maximum Gasteiger partial charge on any atom is 0.302 e. The van der Waals surface area contributed by atoms with Gasteiger partial charge in [-0.05, 0) is 96.0 Å². The number of esters is 1. The molecule has 51 heavy (non-hydrogen) atoms. The summed E-state index contributed by atoms with van der Waals surface area (Å²) < 4.78 is 4.66. The number of hydrogen-bond acceptors (Lipinski definition) is 6. The second kappa shape index (κ2) is 41.8. The molecule has 0 aliphatic carbocycles. The summed E-state index contributed by atoms with van der Waals surface area (Å²) >= 11 is 0. The Morgan fingerprint density at radius 3 is 1.43 bits per heavy atom. The SMILES string of the molecule is CCCCC/C=C\C/C=C\CCCCC/C=C/C(=O)CC(O)COC(C)=O.CCCCC/C=C\C/C=C\CCCCCCCC(=O)CC(O)CC. The van der Waals surface area contributed by atoms with E-state index in [0.717, 1.165) is 51.4 Å². The molecular formula is C45H78O6. The maximum absolute atomic E-state index is 11.6. The topological polar surface area (TPSA) is 101 Å². The summed E-state index contributed by atoms with van der Waals surface area (Å²) in [4.78, 5) is 33.8. The smallest absolute Gasteiger partial charge is 0.302 e. The molecule has 0 aromatic carbocycles. The number of unbranched alkanes of at least 4 members (excludes halogenated alkanes) is 15. The molecule has 0 aliphatic rings. The van der Waals surface area contributed by atoms with E-state index in [1.807, 2.05) is 13.0 Å². The minimum Gasteiger partial charge on any atom is -0.463 e. The fourth-order valence-electron chi connectivity index (χ4n) is 5.15. The Kier molecular flexibility index (Phi) is 41.5. The average Bonchev–Trinajstić information content (AvgIpc) is 3.10. The van der Waals surface area contributed by atoms with Crippen LogP contribution in [0.15, 0.2) is 60.8 Å². The van der Waals surface area contributed by atoms with E-state index in [2.05, 4.69) is 67.2 Å². The molecule has 0 aromatic rings. The van der Waals surface area contributed by atoms with Crippen molar-refractivity contribution in [3.05, 3.63) is 60.8 Å². The number of ketones is 2. The predicted molar refractivity (Wildman–Crippen MR) is 217 cm³/mol. The molecule has 2 N–H and O–H groups in total.